The molecule has 1 heterocycles. The van der Waals surface area contributed by atoms with Crippen molar-refractivity contribution in [1.82, 2.24) is 25.7 Å². The Kier molecular flexibility index (Phi) is 6.51. The number of carbonyl (C=O) groups excluding carboxylic acids is 2. The van der Waals surface area contributed by atoms with Gasteiger partial charge in [-0.25, -0.2) is 0 Å². The van der Waals surface area contributed by atoms with Crippen LogP contribution in [0.2, 0.25) is 0 Å². The van der Waals surface area contributed by atoms with Crippen LogP contribution in [0.25, 0.3) is 0 Å². The minimum Gasteiger partial charge on any atom is -0.354 e. The van der Waals surface area contributed by atoms with E-state index in [1.165, 1.54) is 0 Å². The maximum absolute atomic E-state index is 12.2. The Morgan fingerprint density at radius 1 is 1.21 bits per heavy atom. The van der Waals surface area contributed by atoms with Crippen molar-refractivity contribution < 1.29 is 9.59 Å². The summed E-state index contributed by atoms with van der Waals surface area (Å²) in [5.74, 6) is -0.468. The van der Waals surface area contributed by atoms with Gasteiger partial charge in [-0.2, -0.15) is 5.10 Å². The van der Waals surface area contributed by atoms with E-state index in [-0.39, 0.29) is 18.4 Å². The maximum Gasteiger partial charge on any atom is 0.242 e. The van der Waals surface area contributed by atoms with Crippen LogP contribution in [-0.2, 0) is 23.1 Å². The largest absolute Gasteiger partial charge is 0.354 e. The predicted octanol–water partition coefficient (Wildman–Crippen LogP) is 0.156. The highest BCUT2D eigenvalue weighted by Gasteiger charge is 2.20. The van der Waals surface area contributed by atoms with Crippen molar-refractivity contribution in [1.29, 1.82) is 0 Å². The second-order valence-corrected chi connectivity index (χ2v) is 5.47. The number of aryl methyl sites for hydroxylation is 1. The number of carbonyl (C=O) groups is 2. The zero-order valence-electron chi connectivity index (χ0n) is 14.0. The molecule has 0 radical (unpaired) electrons. The maximum atomic E-state index is 12.2. The van der Waals surface area contributed by atoms with E-state index in [9.17, 15) is 9.59 Å². The quantitative estimate of drug-likeness (QED) is 0.643. The number of nitrogens with zero attached hydrogens (tertiary/aromatic N) is 2. The lowest BCUT2D eigenvalue weighted by atomic mass is 10.1. The third kappa shape index (κ3) is 5.20. The van der Waals surface area contributed by atoms with Crippen molar-refractivity contribution in [3.8, 4) is 0 Å². The molecule has 2 aromatic rings. The summed E-state index contributed by atoms with van der Waals surface area (Å²) >= 11 is 0. The smallest absolute Gasteiger partial charge is 0.242 e. The monoisotopic (exact) mass is 329 g/mol. The van der Waals surface area contributed by atoms with Gasteiger partial charge in [0.15, 0.2) is 0 Å². The number of rotatable bonds is 8. The van der Waals surface area contributed by atoms with Gasteiger partial charge in [-0.05, 0) is 19.0 Å². The number of nitrogens with one attached hydrogen (secondary N) is 3. The molecule has 1 unspecified atom stereocenters. The summed E-state index contributed by atoms with van der Waals surface area (Å²) in [5, 5.41) is 12.4. The normalized spacial score (nSPS) is 11.8. The lowest BCUT2D eigenvalue weighted by Crippen LogP contribution is -2.42. The fraction of sp³-hybridized carbons (Fsp3) is 0.353. The van der Waals surface area contributed by atoms with Crippen LogP contribution >= 0.6 is 0 Å². The fourth-order valence-corrected chi connectivity index (χ4v) is 2.36. The molecule has 0 aliphatic rings. The van der Waals surface area contributed by atoms with E-state index >= 15 is 0 Å². The Morgan fingerprint density at radius 3 is 2.58 bits per heavy atom. The highest BCUT2D eigenvalue weighted by Crippen LogP contribution is 2.10. The lowest BCUT2D eigenvalue weighted by molar-refractivity contribution is -0.127. The van der Waals surface area contributed by atoms with Crippen LogP contribution in [-0.4, -0.2) is 41.7 Å². The minimum atomic E-state index is -0.532. The van der Waals surface area contributed by atoms with Crippen LogP contribution in [0.4, 0.5) is 0 Å². The summed E-state index contributed by atoms with van der Waals surface area (Å²) in [6.07, 6.45) is 4.15. The Labute approximate surface area is 141 Å². The van der Waals surface area contributed by atoms with Crippen molar-refractivity contribution in [2.24, 2.45) is 7.05 Å². The van der Waals surface area contributed by atoms with Gasteiger partial charge in [-0.15, -0.1) is 0 Å². The van der Waals surface area contributed by atoms with Gasteiger partial charge in [-0.1, -0.05) is 30.3 Å². The molecule has 0 spiro atoms. The molecule has 7 nitrogen and oxygen atoms in total. The second kappa shape index (κ2) is 8.83. The summed E-state index contributed by atoms with van der Waals surface area (Å²) in [5.41, 5.74) is 1.91. The van der Waals surface area contributed by atoms with Crippen LogP contribution in [0.3, 0.4) is 0 Å². The van der Waals surface area contributed by atoms with E-state index in [0.717, 1.165) is 17.5 Å². The van der Waals surface area contributed by atoms with Gasteiger partial charge in [0.2, 0.25) is 11.8 Å². The average molecular weight is 329 g/mol. The number of likely N-dealkylation sites (N-methyl/N-ethyl adjacent to an activating group) is 1. The van der Waals surface area contributed by atoms with Gasteiger partial charge in [-0.3, -0.25) is 14.3 Å². The van der Waals surface area contributed by atoms with E-state index in [4.69, 9.17) is 0 Å². The van der Waals surface area contributed by atoms with Crippen LogP contribution in [0.1, 0.15) is 17.2 Å². The first-order valence-electron chi connectivity index (χ1n) is 7.84. The van der Waals surface area contributed by atoms with E-state index < -0.39 is 6.04 Å². The molecule has 1 aromatic heterocycles. The Bertz CT molecular complexity index is 669. The Morgan fingerprint density at radius 2 is 1.96 bits per heavy atom. The minimum absolute atomic E-state index is 0.0495. The first-order chi connectivity index (χ1) is 11.6. The first-order valence-corrected chi connectivity index (χ1v) is 7.84. The van der Waals surface area contributed by atoms with Crippen LogP contribution < -0.4 is 16.0 Å². The van der Waals surface area contributed by atoms with E-state index in [1.54, 1.807) is 31.2 Å². The third-order valence-electron chi connectivity index (χ3n) is 3.61. The third-order valence-corrected chi connectivity index (χ3v) is 3.61. The molecule has 0 aliphatic carbocycles. The summed E-state index contributed by atoms with van der Waals surface area (Å²) < 4.78 is 1.63. The predicted molar refractivity (Wildman–Crippen MR) is 91.2 cm³/mol. The van der Waals surface area contributed by atoms with E-state index in [0.29, 0.717) is 6.54 Å². The number of aromatic nitrogens is 2. The molecule has 0 aliphatic heterocycles. The topological polar surface area (TPSA) is 88.1 Å². The van der Waals surface area contributed by atoms with Gasteiger partial charge < -0.3 is 16.0 Å². The standard InChI is InChI=1S/C17H23N5O2/c1-18-16(14-10-21-22(2)12-14)17(24)20-11-15(23)19-9-8-13-6-4-3-5-7-13/h3-7,10,12,16,18H,8-9,11H2,1-2H3,(H,19,23)(H,20,24). The van der Waals surface area contributed by atoms with Crippen molar-refractivity contribution >= 4 is 11.8 Å². The number of amides is 2. The van der Waals surface area contributed by atoms with Crippen molar-refractivity contribution in [2.45, 2.75) is 12.5 Å². The van der Waals surface area contributed by atoms with Gasteiger partial charge in [0, 0.05) is 25.4 Å². The molecule has 128 valence electrons. The SMILES string of the molecule is CNC(C(=O)NCC(=O)NCCc1ccccc1)c1cnn(C)c1. The van der Waals surface area contributed by atoms with Gasteiger partial charge in [0.25, 0.3) is 0 Å². The molecule has 0 saturated heterocycles. The second-order valence-electron chi connectivity index (χ2n) is 5.47. The van der Waals surface area contributed by atoms with Crippen LogP contribution in [0.5, 0.6) is 0 Å². The molecular weight excluding hydrogens is 306 g/mol. The molecule has 3 N–H and O–H groups in total. The molecule has 1 atom stereocenters. The first kappa shape index (κ1) is 17.7. The molecule has 7 heteroatoms. The summed E-state index contributed by atoms with van der Waals surface area (Å²) in [4.78, 5) is 24.0. The number of hydrogen-bond donors (Lipinski definition) is 3. The average Bonchev–Trinajstić information content (AvgIpc) is 3.01. The summed E-state index contributed by atoms with van der Waals surface area (Å²) in [6, 6.07) is 9.38. The number of benzene rings is 1. The fourth-order valence-electron chi connectivity index (χ4n) is 2.36. The summed E-state index contributed by atoms with van der Waals surface area (Å²) in [7, 11) is 3.48. The molecule has 24 heavy (non-hydrogen) atoms. The van der Waals surface area contributed by atoms with Crippen LogP contribution in [0.15, 0.2) is 42.7 Å². The van der Waals surface area contributed by atoms with Crippen molar-refractivity contribution in [3.63, 3.8) is 0 Å². The molecule has 0 saturated carbocycles. The van der Waals surface area contributed by atoms with Crippen LogP contribution in [0, 0.1) is 0 Å². The van der Waals surface area contributed by atoms with Gasteiger partial charge >= 0.3 is 0 Å². The van der Waals surface area contributed by atoms with E-state index in [1.807, 2.05) is 30.3 Å². The highest BCUT2D eigenvalue weighted by molar-refractivity contribution is 5.88. The highest BCUT2D eigenvalue weighted by atomic mass is 16.2. The molecule has 2 amide bonds. The van der Waals surface area contributed by atoms with Gasteiger partial charge in [0.1, 0.15) is 6.04 Å². The molecular formula is C17H23N5O2. The Balaban J connectivity index is 1.73. The number of hydrogen-bond acceptors (Lipinski definition) is 4. The van der Waals surface area contributed by atoms with Gasteiger partial charge in [0.05, 0.1) is 12.7 Å². The zero-order chi connectivity index (χ0) is 17.4. The molecule has 0 fully saturated rings. The molecule has 1 aromatic carbocycles. The van der Waals surface area contributed by atoms with Crippen molar-refractivity contribution in [3.05, 3.63) is 53.9 Å². The van der Waals surface area contributed by atoms with Crippen molar-refractivity contribution in [2.75, 3.05) is 20.1 Å². The molecule has 2 rings (SSSR count). The molecule has 0 bridgehead atoms. The Hall–Kier alpha value is -2.67. The zero-order valence-corrected chi connectivity index (χ0v) is 14.0. The lowest BCUT2D eigenvalue weighted by Gasteiger charge is -2.14. The summed E-state index contributed by atoms with van der Waals surface area (Å²) in [6.45, 7) is 0.489. The van der Waals surface area contributed by atoms with E-state index in [2.05, 4.69) is 21.0 Å².